The third kappa shape index (κ3) is 3.21. The van der Waals surface area contributed by atoms with Gasteiger partial charge in [0.2, 0.25) is 0 Å². The maximum atomic E-state index is 6.80. The van der Waals surface area contributed by atoms with E-state index >= 15 is 0 Å². The van der Waals surface area contributed by atoms with Crippen molar-refractivity contribution in [1.29, 1.82) is 0 Å². The number of thiophene rings is 1. The number of hydrogen-bond donors (Lipinski definition) is 1. The second-order valence-corrected chi connectivity index (χ2v) is 13.5. The van der Waals surface area contributed by atoms with E-state index in [0.29, 0.717) is 24.0 Å². The fourth-order valence-electron chi connectivity index (χ4n) is 7.43. The molecule has 2 aromatic heterocycles. The van der Waals surface area contributed by atoms with Gasteiger partial charge in [0.05, 0.1) is 11.8 Å². The van der Waals surface area contributed by atoms with Crippen molar-refractivity contribution < 1.29 is 9.47 Å². The summed E-state index contributed by atoms with van der Waals surface area (Å²) in [5, 5.41) is 14.9. The lowest BCUT2D eigenvalue weighted by Gasteiger charge is -2.47. The van der Waals surface area contributed by atoms with Gasteiger partial charge >= 0.3 is 0 Å². The number of aromatic nitrogens is 3. The molecule has 2 saturated carbocycles. The van der Waals surface area contributed by atoms with E-state index in [-0.39, 0.29) is 17.9 Å². The summed E-state index contributed by atoms with van der Waals surface area (Å²) in [4.78, 5) is 6.90. The van der Waals surface area contributed by atoms with Crippen molar-refractivity contribution in [2.75, 3.05) is 6.61 Å². The maximum Gasteiger partial charge on any atom is 0.166 e. The van der Waals surface area contributed by atoms with Crippen LogP contribution in [0.3, 0.4) is 0 Å². The monoisotopic (exact) mass is 547 g/mol. The largest absolute Gasteiger partial charge is 0.378 e. The van der Waals surface area contributed by atoms with E-state index in [0.717, 1.165) is 66.7 Å². The molecule has 9 rings (SSSR count). The van der Waals surface area contributed by atoms with Crippen molar-refractivity contribution in [2.24, 2.45) is 16.8 Å². The van der Waals surface area contributed by atoms with E-state index < -0.39 is 0 Å². The molecule has 5 heterocycles. The van der Waals surface area contributed by atoms with Crippen molar-refractivity contribution in [3.63, 3.8) is 0 Å². The fraction of sp³-hybridized carbons (Fsp3) is 0.552. The Bertz CT molecular complexity index is 1510. The lowest BCUT2D eigenvalue weighted by atomic mass is 9.72. The highest BCUT2D eigenvalue weighted by Gasteiger charge is 2.54. The zero-order chi connectivity index (χ0) is 25.2. The molecule has 3 aliphatic heterocycles. The molecule has 0 radical (unpaired) electrons. The molecule has 7 nitrogen and oxygen atoms in total. The van der Waals surface area contributed by atoms with Gasteiger partial charge in [0, 0.05) is 39.6 Å². The number of benzene rings is 1. The van der Waals surface area contributed by atoms with Crippen LogP contribution in [0.5, 0.6) is 0 Å². The summed E-state index contributed by atoms with van der Waals surface area (Å²) in [6, 6.07) is 8.69. The molecule has 2 unspecified atom stereocenters. The lowest BCUT2D eigenvalue weighted by molar-refractivity contribution is -0.105. The standard InChI is InChI=1S/C29H30ClN5O2S/c1-14-33-34-28-29(8-9-29)32-24(16-5-2-3-7-19(16)30)23-18-11-15(12-22(18)38-27(23)35(14)28)25-26(37-25)31-20-13-21-17(20)6-4-10-36-21/h2-3,5,7,15,17,20-21,25-26,31H,4,6,8-13H2,1H3/t15-,17-,20-,21+,25?,26?/m0/s1. The van der Waals surface area contributed by atoms with Gasteiger partial charge < -0.3 is 9.47 Å². The number of nitrogens with one attached hydrogen (secondary N) is 1. The van der Waals surface area contributed by atoms with Gasteiger partial charge in [-0.1, -0.05) is 29.8 Å². The first-order valence-corrected chi connectivity index (χ1v) is 15.2. The highest BCUT2D eigenvalue weighted by molar-refractivity contribution is 7.15. The normalized spacial score (nSPS) is 33.5. The van der Waals surface area contributed by atoms with Crippen molar-refractivity contribution in [1.82, 2.24) is 20.1 Å². The minimum Gasteiger partial charge on any atom is -0.378 e. The van der Waals surface area contributed by atoms with Gasteiger partial charge in [-0.25, -0.2) is 0 Å². The average molecular weight is 548 g/mol. The van der Waals surface area contributed by atoms with Gasteiger partial charge in [-0.15, -0.1) is 21.5 Å². The molecule has 38 heavy (non-hydrogen) atoms. The first-order valence-electron chi connectivity index (χ1n) is 14.1. The highest BCUT2D eigenvalue weighted by Crippen LogP contribution is 2.55. The topological polar surface area (TPSA) is 76.9 Å². The second kappa shape index (κ2) is 7.98. The second-order valence-electron chi connectivity index (χ2n) is 12.0. The van der Waals surface area contributed by atoms with Crippen molar-refractivity contribution in [2.45, 2.75) is 81.9 Å². The molecule has 3 aliphatic carbocycles. The van der Waals surface area contributed by atoms with E-state index in [1.54, 1.807) is 0 Å². The van der Waals surface area contributed by atoms with Crippen molar-refractivity contribution >= 4 is 28.6 Å². The summed E-state index contributed by atoms with van der Waals surface area (Å²) in [7, 11) is 0. The number of aliphatic imine (C=N–C) groups is 1. The van der Waals surface area contributed by atoms with Gasteiger partial charge in [0.1, 0.15) is 28.7 Å². The Morgan fingerprint density at radius 1 is 1.18 bits per heavy atom. The van der Waals surface area contributed by atoms with Crippen LogP contribution >= 0.6 is 22.9 Å². The summed E-state index contributed by atoms with van der Waals surface area (Å²) in [6.07, 6.45) is 8.57. The zero-order valence-electron chi connectivity index (χ0n) is 21.3. The Kier molecular flexibility index (Phi) is 4.76. The molecule has 1 spiro atoms. The third-order valence-electron chi connectivity index (χ3n) is 9.71. The smallest absolute Gasteiger partial charge is 0.166 e. The summed E-state index contributed by atoms with van der Waals surface area (Å²) in [5.41, 5.74) is 4.40. The third-order valence-corrected chi connectivity index (χ3v) is 11.3. The SMILES string of the molecule is Cc1nnc2n1-c1sc3c(c1C(c1ccccc1Cl)=NC21CC1)C[C@H](C1OC1N[C@H]1C[C@H]2OCCC[C@@H]12)C3. The van der Waals surface area contributed by atoms with Crippen LogP contribution in [0.1, 0.15) is 65.3 Å². The zero-order valence-corrected chi connectivity index (χ0v) is 22.9. The number of fused-ring (bicyclic) bond motifs is 7. The Hall–Kier alpha value is -2.10. The van der Waals surface area contributed by atoms with E-state index in [9.17, 15) is 0 Å². The number of halogens is 1. The number of aryl methyl sites for hydroxylation is 1. The van der Waals surface area contributed by atoms with Crippen LogP contribution in [0.4, 0.5) is 0 Å². The van der Waals surface area contributed by atoms with Gasteiger partial charge in [-0.3, -0.25) is 14.9 Å². The lowest BCUT2D eigenvalue weighted by Crippen LogP contribution is -2.57. The predicted octanol–water partition coefficient (Wildman–Crippen LogP) is 4.73. The van der Waals surface area contributed by atoms with Crippen LogP contribution in [0.25, 0.3) is 5.00 Å². The molecule has 6 atom stereocenters. The van der Waals surface area contributed by atoms with Crippen molar-refractivity contribution in [3.05, 3.63) is 62.5 Å². The van der Waals surface area contributed by atoms with Crippen LogP contribution in [0.15, 0.2) is 29.3 Å². The van der Waals surface area contributed by atoms with E-state index in [1.165, 1.54) is 33.8 Å². The van der Waals surface area contributed by atoms with Gasteiger partial charge in [-0.05, 0) is 69.4 Å². The fourth-order valence-corrected chi connectivity index (χ4v) is 9.12. The average Bonchev–Trinajstić information content (AvgIpc) is 3.74. The molecule has 1 aromatic carbocycles. The van der Waals surface area contributed by atoms with Crippen LogP contribution in [0.2, 0.25) is 5.02 Å². The van der Waals surface area contributed by atoms with Gasteiger partial charge in [0.15, 0.2) is 5.82 Å². The highest BCUT2D eigenvalue weighted by atomic mass is 35.5. The first-order chi connectivity index (χ1) is 18.6. The molecule has 3 aromatic rings. The number of rotatable bonds is 4. The van der Waals surface area contributed by atoms with Crippen LogP contribution < -0.4 is 5.32 Å². The summed E-state index contributed by atoms with van der Waals surface area (Å²) >= 11 is 8.69. The predicted molar refractivity (Wildman–Crippen MR) is 146 cm³/mol. The number of nitrogens with zero attached hydrogens (tertiary/aromatic N) is 4. The van der Waals surface area contributed by atoms with Gasteiger partial charge in [0.25, 0.3) is 0 Å². The molecule has 6 aliphatic rings. The molecule has 1 N–H and O–H groups in total. The molecule has 0 amide bonds. The minimum atomic E-state index is -0.294. The molecule has 9 heteroatoms. The summed E-state index contributed by atoms with van der Waals surface area (Å²) in [5.74, 6) is 3.07. The molecule has 2 saturated heterocycles. The Morgan fingerprint density at radius 3 is 2.92 bits per heavy atom. The number of hydrogen-bond acceptors (Lipinski definition) is 7. The van der Waals surface area contributed by atoms with Crippen molar-refractivity contribution in [3.8, 4) is 5.00 Å². The quantitative estimate of drug-likeness (QED) is 0.478. The Labute approximate surface area is 230 Å². The maximum absolute atomic E-state index is 6.80. The van der Waals surface area contributed by atoms with E-state index in [1.807, 2.05) is 23.5 Å². The molecule has 196 valence electrons. The molecule has 4 fully saturated rings. The van der Waals surface area contributed by atoms with E-state index in [4.69, 9.17) is 26.1 Å². The molecule has 0 bridgehead atoms. The Balaban J connectivity index is 1.05. The van der Waals surface area contributed by atoms with Crippen LogP contribution in [-0.4, -0.2) is 51.6 Å². The molecular weight excluding hydrogens is 518 g/mol. The Morgan fingerprint density at radius 2 is 2.08 bits per heavy atom. The number of epoxide rings is 1. The van der Waals surface area contributed by atoms with Crippen LogP contribution in [0, 0.1) is 18.8 Å². The minimum absolute atomic E-state index is 0.179. The summed E-state index contributed by atoms with van der Waals surface area (Å²) < 4.78 is 14.5. The number of ether oxygens (including phenoxy) is 2. The summed E-state index contributed by atoms with van der Waals surface area (Å²) in [6.45, 7) is 2.99. The van der Waals surface area contributed by atoms with E-state index in [2.05, 4.69) is 39.1 Å². The van der Waals surface area contributed by atoms with Gasteiger partial charge in [-0.2, -0.15) is 0 Å². The van der Waals surface area contributed by atoms with Crippen LogP contribution in [-0.2, 0) is 27.9 Å². The first kappa shape index (κ1) is 22.7. The molecular formula is C29H30ClN5O2S.